The molecule has 1 aromatic carbocycles. The van der Waals surface area contributed by atoms with Crippen LogP contribution in [0.4, 0.5) is 0 Å². The third kappa shape index (κ3) is 5.69. The maximum atomic E-state index is 12.8. The van der Waals surface area contributed by atoms with Gasteiger partial charge in [0.2, 0.25) is 0 Å². The number of nitrogens with one attached hydrogen (secondary N) is 1. The monoisotopic (exact) mass is 412 g/mol. The van der Waals surface area contributed by atoms with Gasteiger partial charge < -0.3 is 10.1 Å². The Bertz CT molecular complexity index is 873. The Hall–Kier alpha value is -2.67. The van der Waals surface area contributed by atoms with E-state index in [1.54, 1.807) is 7.11 Å². The molecule has 0 aliphatic carbocycles. The zero-order valence-electron chi connectivity index (χ0n) is 18.0. The fourth-order valence-electron chi connectivity index (χ4n) is 3.83. The number of piperidine rings is 1. The molecule has 1 aliphatic rings. The van der Waals surface area contributed by atoms with Crippen LogP contribution in [-0.2, 0) is 6.54 Å². The van der Waals surface area contributed by atoms with Gasteiger partial charge in [0.25, 0.3) is 11.5 Å². The molecule has 1 unspecified atom stereocenters. The number of hydrogen-bond donors (Lipinski definition) is 1. The first kappa shape index (κ1) is 22.0. The van der Waals surface area contributed by atoms with Crippen molar-refractivity contribution < 1.29 is 9.53 Å². The number of rotatable bonds is 9. The molecule has 7 nitrogen and oxygen atoms in total. The molecule has 2 heterocycles. The average Bonchev–Trinajstić information content (AvgIpc) is 2.79. The molecule has 2 aromatic rings. The molecule has 1 fully saturated rings. The summed E-state index contributed by atoms with van der Waals surface area (Å²) in [7, 11) is 1.66. The first-order valence-corrected chi connectivity index (χ1v) is 10.9. The Labute approximate surface area is 178 Å². The van der Waals surface area contributed by atoms with E-state index in [1.165, 1.54) is 36.1 Å². The minimum atomic E-state index is -0.254. The van der Waals surface area contributed by atoms with Gasteiger partial charge in [0.1, 0.15) is 11.4 Å². The molecule has 1 aliphatic heterocycles. The van der Waals surface area contributed by atoms with E-state index in [0.29, 0.717) is 13.1 Å². The SMILES string of the molecule is CCCCn1nc(C(=O)NCC(c2ccc(OC)cc2)N2CCCCC2)ccc1=O. The highest BCUT2D eigenvalue weighted by Gasteiger charge is 2.23. The number of benzene rings is 1. The molecule has 0 radical (unpaired) electrons. The second-order valence-corrected chi connectivity index (χ2v) is 7.73. The molecule has 1 saturated heterocycles. The predicted octanol–water partition coefficient (Wildman–Crippen LogP) is 3.01. The fourth-order valence-corrected chi connectivity index (χ4v) is 3.83. The fraction of sp³-hybridized carbons (Fsp3) is 0.522. The van der Waals surface area contributed by atoms with Crippen LogP contribution in [0.5, 0.6) is 5.75 Å². The highest BCUT2D eigenvalue weighted by molar-refractivity contribution is 5.92. The van der Waals surface area contributed by atoms with E-state index in [1.807, 2.05) is 12.1 Å². The molecule has 0 bridgehead atoms. The van der Waals surface area contributed by atoms with Crippen LogP contribution in [0.1, 0.15) is 61.1 Å². The standard InChI is InChI=1S/C23H32N4O3/c1-3-4-16-27-22(28)13-12-20(25-27)23(29)24-17-21(26-14-6-5-7-15-26)18-8-10-19(30-2)11-9-18/h8-13,21H,3-7,14-17H2,1-2H3,(H,24,29). The van der Waals surface area contributed by atoms with Crippen molar-refractivity contribution in [3.63, 3.8) is 0 Å². The molecule has 0 spiro atoms. The van der Waals surface area contributed by atoms with E-state index in [2.05, 4.69) is 34.4 Å². The molecule has 3 rings (SSSR count). The number of aryl methyl sites for hydroxylation is 1. The Balaban J connectivity index is 1.72. The highest BCUT2D eigenvalue weighted by atomic mass is 16.5. The maximum absolute atomic E-state index is 12.8. The first-order chi connectivity index (χ1) is 14.6. The van der Waals surface area contributed by atoms with Crippen molar-refractivity contribution in [2.75, 3.05) is 26.7 Å². The number of aromatic nitrogens is 2. The van der Waals surface area contributed by atoms with E-state index < -0.39 is 0 Å². The summed E-state index contributed by atoms with van der Waals surface area (Å²) < 4.78 is 6.66. The van der Waals surface area contributed by atoms with Gasteiger partial charge >= 0.3 is 0 Å². The van der Waals surface area contributed by atoms with Gasteiger partial charge in [-0.25, -0.2) is 4.68 Å². The van der Waals surface area contributed by atoms with Gasteiger partial charge in [-0.2, -0.15) is 5.10 Å². The van der Waals surface area contributed by atoms with Gasteiger partial charge in [0, 0.05) is 19.2 Å². The zero-order chi connectivity index (χ0) is 21.3. The lowest BCUT2D eigenvalue weighted by Crippen LogP contribution is -2.41. The molecular formula is C23H32N4O3. The lowest BCUT2D eigenvalue weighted by atomic mass is 10.0. The third-order valence-corrected chi connectivity index (χ3v) is 5.61. The van der Waals surface area contributed by atoms with E-state index in [-0.39, 0.29) is 23.2 Å². The Morgan fingerprint density at radius 2 is 1.87 bits per heavy atom. The molecule has 1 N–H and O–H groups in total. The summed E-state index contributed by atoms with van der Waals surface area (Å²) in [4.78, 5) is 27.2. The molecule has 30 heavy (non-hydrogen) atoms. The average molecular weight is 413 g/mol. The van der Waals surface area contributed by atoms with Crippen molar-refractivity contribution in [3.05, 3.63) is 58.0 Å². The number of unbranched alkanes of at least 4 members (excludes halogenated alkanes) is 1. The second-order valence-electron chi connectivity index (χ2n) is 7.73. The minimum Gasteiger partial charge on any atom is -0.497 e. The largest absolute Gasteiger partial charge is 0.497 e. The van der Waals surface area contributed by atoms with Gasteiger partial charge in [-0.15, -0.1) is 0 Å². The van der Waals surface area contributed by atoms with Crippen molar-refractivity contribution in [1.29, 1.82) is 0 Å². The van der Waals surface area contributed by atoms with Crippen molar-refractivity contribution in [2.24, 2.45) is 0 Å². The molecule has 0 saturated carbocycles. The molecule has 162 valence electrons. The van der Waals surface area contributed by atoms with Gasteiger partial charge in [0.05, 0.1) is 13.2 Å². The third-order valence-electron chi connectivity index (χ3n) is 5.61. The van der Waals surface area contributed by atoms with Crippen molar-refractivity contribution in [1.82, 2.24) is 20.0 Å². The summed E-state index contributed by atoms with van der Waals surface area (Å²) in [5.74, 6) is 0.564. The quantitative estimate of drug-likeness (QED) is 0.685. The number of methoxy groups -OCH3 is 1. The molecule has 7 heteroatoms. The smallest absolute Gasteiger partial charge is 0.271 e. The zero-order valence-corrected chi connectivity index (χ0v) is 18.0. The van der Waals surface area contributed by atoms with Gasteiger partial charge in [-0.05, 0) is 56.1 Å². The first-order valence-electron chi connectivity index (χ1n) is 10.9. The van der Waals surface area contributed by atoms with Crippen LogP contribution in [0.2, 0.25) is 0 Å². The summed E-state index contributed by atoms with van der Waals surface area (Å²) in [5.41, 5.74) is 1.25. The number of carbonyl (C=O) groups is 1. The molecule has 1 aromatic heterocycles. The van der Waals surface area contributed by atoms with Crippen LogP contribution in [0.25, 0.3) is 0 Å². The minimum absolute atomic E-state index is 0.0890. The number of hydrogen-bond acceptors (Lipinski definition) is 5. The van der Waals surface area contributed by atoms with Crippen LogP contribution in [0.3, 0.4) is 0 Å². The van der Waals surface area contributed by atoms with Crippen LogP contribution >= 0.6 is 0 Å². The number of nitrogens with zero attached hydrogens (tertiary/aromatic N) is 3. The van der Waals surface area contributed by atoms with Gasteiger partial charge in [-0.1, -0.05) is 31.9 Å². The predicted molar refractivity (Wildman–Crippen MR) is 117 cm³/mol. The van der Waals surface area contributed by atoms with E-state index >= 15 is 0 Å². The van der Waals surface area contributed by atoms with Crippen molar-refractivity contribution in [2.45, 2.75) is 51.6 Å². The van der Waals surface area contributed by atoms with Gasteiger partial charge in [-0.3, -0.25) is 14.5 Å². The summed E-state index contributed by atoms with van der Waals surface area (Å²) in [6, 6.07) is 11.1. The summed E-state index contributed by atoms with van der Waals surface area (Å²) >= 11 is 0. The summed E-state index contributed by atoms with van der Waals surface area (Å²) in [6.45, 7) is 5.11. The Morgan fingerprint density at radius 1 is 1.13 bits per heavy atom. The van der Waals surface area contributed by atoms with Crippen molar-refractivity contribution >= 4 is 5.91 Å². The summed E-state index contributed by atoms with van der Waals surface area (Å²) in [5, 5.41) is 7.29. The topological polar surface area (TPSA) is 76.5 Å². The van der Waals surface area contributed by atoms with E-state index in [9.17, 15) is 9.59 Å². The van der Waals surface area contributed by atoms with E-state index in [0.717, 1.165) is 37.2 Å². The highest BCUT2D eigenvalue weighted by Crippen LogP contribution is 2.26. The second kappa shape index (κ2) is 10.9. The summed E-state index contributed by atoms with van der Waals surface area (Å²) in [6.07, 6.45) is 5.41. The lowest BCUT2D eigenvalue weighted by molar-refractivity contribution is 0.0917. The van der Waals surface area contributed by atoms with Gasteiger partial charge in [0.15, 0.2) is 0 Å². The Kier molecular flexibility index (Phi) is 8.02. The van der Waals surface area contributed by atoms with Crippen LogP contribution < -0.4 is 15.6 Å². The number of amides is 1. The van der Waals surface area contributed by atoms with Crippen LogP contribution in [0.15, 0.2) is 41.2 Å². The number of ether oxygens (including phenoxy) is 1. The van der Waals surface area contributed by atoms with E-state index in [4.69, 9.17) is 4.74 Å². The molecular weight excluding hydrogens is 380 g/mol. The Morgan fingerprint density at radius 3 is 2.53 bits per heavy atom. The number of carbonyl (C=O) groups excluding carboxylic acids is 1. The lowest BCUT2D eigenvalue weighted by Gasteiger charge is -2.35. The number of likely N-dealkylation sites (tertiary alicyclic amines) is 1. The van der Waals surface area contributed by atoms with Crippen LogP contribution in [-0.4, -0.2) is 47.3 Å². The normalized spacial score (nSPS) is 15.5. The molecule has 1 atom stereocenters. The van der Waals surface area contributed by atoms with Crippen LogP contribution in [0, 0.1) is 0 Å². The molecule has 1 amide bonds. The van der Waals surface area contributed by atoms with Crippen molar-refractivity contribution in [3.8, 4) is 5.75 Å². The maximum Gasteiger partial charge on any atom is 0.271 e.